The highest BCUT2D eigenvalue weighted by Crippen LogP contribution is 2.34. The summed E-state index contributed by atoms with van der Waals surface area (Å²) in [4.78, 5) is 50.1. The molecule has 9 nitrogen and oxygen atoms in total. The normalized spacial score (nSPS) is 14.5. The van der Waals surface area contributed by atoms with Gasteiger partial charge in [-0.15, -0.1) is 0 Å². The maximum atomic E-state index is 13.1. The van der Waals surface area contributed by atoms with Crippen LogP contribution in [-0.4, -0.2) is 38.0 Å². The summed E-state index contributed by atoms with van der Waals surface area (Å²) in [7, 11) is 0. The minimum Gasteiger partial charge on any atom is -0.342 e. The number of fused-ring (bicyclic) bond motifs is 1. The van der Waals surface area contributed by atoms with Gasteiger partial charge >= 0.3 is 0 Å². The van der Waals surface area contributed by atoms with Crippen molar-refractivity contribution in [3.05, 3.63) is 111 Å². The van der Waals surface area contributed by atoms with Gasteiger partial charge in [-0.05, 0) is 53.1 Å². The summed E-state index contributed by atoms with van der Waals surface area (Å²) in [6, 6.07) is 21.5. The number of nitro benzene ring substituents is 1. The molecule has 1 fully saturated rings. The largest absolute Gasteiger partial charge is 0.342 e. The Hall–Kier alpha value is -4.70. The van der Waals surface area contributed by atoms with Crippen LogP contribution in [0.2, 0.25) is 0 Å². The molecule has 1 saturated heterocycles. The van der Waals surface area contributed by atoms with Gasteiger partial charge in [-0.2, -0.15) is 0 Å². The first-order valence-corrected chi connectivity index (χ1v) is 13.5. The van der Waals surface area contributed by atoms with Crippen molar-refractivity contribution in [2.45, 2.75) is 26.3 Å². The third kappa shape index (κ3) is 5.67. The fraction of sp³-hybridized carbons (Fsp3) is 0.167. The van der Waals surface area contributed by atoms with E-state index in [-0.39, 0.29) is 17.1 Å². The number of carbonyl (C=O) groups excluding carboxylic acids is 3. The standard InChI is InChI=1S/C30H26N4O5S/c1-19(2)21-9-11-23(12-10-21)31-28(35)18-33-29(36)27(40-30(33)37)15-22-17-32(26-6-4-3-5-25(22)26)16-20-7-13-24(14-8-20)34(38)39/h3-15,17,19H,16,18H2,1-2H3,(H,31,35)/b27-15-. The van der Waals surface area contributed by atoms with E-state index >= 15 is 0 Å². The smallest absolute Gasteiger partial charge is 0.294 e. The molecule has 10 heteroatoms. The predicted molar refractivity (Wildman–Crippen MR) is 156 cm³/mol. The Morgan fingerprint density at radius 2 is 1.73 bits per heavy atom. The van der Waals surface area contributed by atoms with Crippen LogP contribution in [0.1, 0.15) is 36.5 Å². The van der Waals surface area contributed by atoms with E-state index in [4.69, 9.17) is 0 Å². The highest BCUT2D eigenvalue weighted by molar-refractivity contribution is 8.18. The van der Waals surface area contributed by atoms with Crippen LogP contribution in [0.15, 0.2) is 83.9 Å². The summed E-state index contributed by atoms with van der Waals surface area (Å²) in [5, 5.41) is 14.1. The Kier molecular flexibility index (Phi) is 7.52. The van der Waals surface area contributed by atoms with Gasteiger partial charge in [0.15, 0.2) is 0 Å². The van der Waals surface area contributed by atoms with Crippen LogP contribution in [0.25, 0.3) is 17.0 Å². The quantitative estimate of drug-likeness (QED) is 0.153. The fourth-order valence-corrected chi connectivity index (χ4v) is 5.34. The number of non-ortho nitro benzene ring substituents is 1. The first-order chi connectivity index (χ1) is 19.2. The number of aromatic nitrogens is 1. The van der Waals surface area contributed by atoms with E-state index in [2.05, 4.69) is 19.2 Å². The number of benzene rings is 3. The van der Waals surface area contributed by atoms with Gasteiger partial charge < -0.3 is 9.88 Å². The van der Waals surface area contributed by atoms with Gasteiger partial charge in [0.05, 0.1) is 9.83 Å². The molecule has 0 spiro atoms. The van der Waals surface area contributed by atoms with Crippen molar-refractivity contribution in [2.24, 2.45) is 0 Å². The van der Waals surface area contributed by atoms with Gasteiger partial charge in [0.2, 0.25) is 5.91 Å². The van der Waals surface area contributed by atoms with E-state index in [9.17, 15) is 24.5 Å². The van der Waals surface area contributed by atoms with E-state index in [0.29, 0.717) is 18.2 Å². The molecule has 0 bridgehead atoms. The van der Waals surface area contributed by atoms with Crippen LogP contribution in [0.5, 0.6) is 0 Å². The van der Waals surface area contributed by atoms with Gasteiger partial charge in [0, 0.05) is 47.0 Å². The number of imide groups is 1. The number of anilines is 1. The molecule has 3 amide bonds. The number of nitro groups is 1. The number of hydrogen-bond acceptors (Lipinski definition) is 6. The molecule has 2 heterocycles. The maximum Gasteiger partial charge on any atom is 0.294 e. The first-order valence-electron chi connectivity index (χ1n) is 12.7. The molecule has 0 radical (unpaired) electrons. The van der Waals surface area contributed by atoms with Crippen molar-refractivity contribution in [3.63, 3.8) is 0 Å². The zero-order valence-electron chi connectivity index (χ0n) is 21.9. The van der Waals surface area contributed by atoms with Crippen molar-refractivity contribution < 1.29 is 19.3 Å². The minimum absolute atomic E-state index is 0.0234. The van der Waals surface area contributed by atoms with Crippen molar-refractivity contribution in [2.75, 3.05) is 11.9 Å². The Morgan fingerprint density at radius 3 is 2.40 bits per heavy atom. The summed E-state index contributed by atoms with van der Waals surface area (Å²) in [5.41, 5.74) is 4.30. The van der Waals surface area contributed by atoms with E-state index < -0.39 is 22.0 Å². The second kappa shape index (κ2) is 11.2. The van der Waals surface area contributed by atoms with Crippen LogP contribution in [0.3, 0.4) is 0 Å². The molecule has 0 aliphatic carbocycles. The fourth-order valence-electron chi connectivity index (χ4n) is 4.51. The van der Waals surface area contributed by atoms with Crippen molar-refractivity contribution in [3.8, 4) is 0 Å². The predicted octanol–water partition coefficient (Wildman–Crippen LogP) is 6.40. The Morgan fingerprint density at radius 1 is 1.02 bits per heavy atom. The van der Waals surface area contributed by atoms with Gasteiger partial charge in [0.1, 0.15) is 6.54 Å². The summed E-state index contributed by atoms with van der Waals surface area (Å²) in [5.74, 6) is -0.615. The molecule has 40 heavy (non-hydrogen) atoms. The second-order valence-corrected chi connectivity index (χ2v) is 10.7. The average molecular weight is 555 g/mol. The van der Waals surface area contributed by atoms with E-state index in [1.165, 1.54) is 12.1 Å². The number of amides is 3. The lowest BCUT2D eigenvalue weighted by atomic mass is 10.0. The van der Waals surface area contributed by atoms with E-state index in [1.54, 1.807) is 30.3 Å². The van der Waals surface area contributed by atoms with Crippen molar-refractivity contribution in [1.82, 2.24) is 9.47 Å². The zero-order valence-corrected chi connectivity index (χ0v) is 22.7. The lowest BCUT2D eigenvalue weighted by Crippen LogP contribution is -2.36. The second-order valence-electron chi connectivity index (χ2n) is 9.75. The number of carbonyl (C=O) groups is 3. The molecule has 1 aromatic heterocycles. The highest BCUT2D eigenvalue weighted by atomic mass is 32.2. The monoisotopic (exact) mass is 554 g/mol. The Labute approximate surface area is 234 Å². The molecule has 1 N–H and O–H groups in total. The molecule has 0 saturated carbocycles. The summed E-state index contributed by atoms with van der Waals surface area (Å²) in [6.07, 6.45) is 3.55. The van der Waals surface area contributed by atoms with Gasteiger partial charge in [-0.3, -0.25) is 29.4 Å². The summed E-state index contributed by atoms with van der Waals surface area (Å²) in [6.45, 7) is 4.25. The molecule has 3 aromatic carbocycles. The van der Waals surface area contributed by atoms with Crippen LogP contribution < -0.4 is 5.32 Å². The number of hydrogen-bond donors (Lipinski definition) is 1. The van der Waals surface area contributed by atoms with Gasteiger partial charge in [0.25, 0.3) is 16.8 Å². The molecule has 1 aliphatic heterocycles. The summed E-state index contributed by atoms with van der Waals surface area (Å²) >= 11 is 0.802. The molecule has 4 aromatic rings. The number of thioether (sulfide) groups is 1. The van der Waals surface area contributed by atoms with Crippen LogP contribution in [0.4, 0.5) is 16.2 Å². The third-order valence-electron chi connectivity index (χ3n) is 6.64. The van der Waals surface area contributed by atoms with Crippen molar-refractivity contribution in [1.29, 1.82) is 0 Å². The third-order valence-corrected chi connectivity index (χ3v) is 7.55. The average Bonchev–Trinajstić information content (AvgIpc) is 3.41. The SMILES string of the molecule is CC(C)c1ccc(NC(=O)CN2C(=O)S/C(=C\c3cn(Cc4ccc([N+](=O)[O-])cc4)c4ccccc34)C2=O)cc1. The molecule has 0 unspecified atom stereocenters. The number of nitrogens with zero attached hydrogens (tertiary/aromatic N) is 3. The summed E-state index contributed by atoms with van der Waals surface area (Å²) < 4.78 is 1.99. The van der Waals surface area contributed by atoms with E-state index in [1.807, 2.05) is 47.2 Å². The lowest BCUT2D eigenvalue weighted by Gasteiger charge is -2.13. The minimum atomic E-state index is -0.521. The van der Waals surface area contributed by atoms with Crippen LogP contribution in [-0.2, 0) is 16.1 Å². The Balaban J connectivity index is 1.33. The van der Waals surface area contributed by atoms with Crippen LogP contribution in [0, 0.1) is 10.1 Å². The Bertz CT molecular complexity index is 1660. The van der Waals surface area contributed by atoms with Crippen LogP contribution >= 0.6 is 11.8 Å². The number of nitrogens with one attached hydrogen (secondary N) is 1. The number of rotatable bonds is 8. The molecule has 0 atom stereocenters. The van der Waals surface area contributed by atoms with E-state index in [0.717, 1.165) is 44.3 Å². The molecular formula is C30H26N4O5S. The maximum absolute atomic E-state index is 13.1. The van der Waals surface area contributed by atoms with Crippen molar-refractivity contribution >= 4 is 57.2 Å². The molecule has 202 valence electrons. The topological polar surface area (TPSA) is 115 Å². The zero-order chi connectivity index (χ0) is 28.4. The van der Waals surface area contributed by atoms with Gasteiger partial charge in [-0.25, -0.2) is 0 Å². The molecular weight excluding hydrogens is 528 g/mol. The highest BCUT2D eigenvalue weighted by Gasteiger charge is 2.36. The first kappa shape index (κ1) is 26.9. The molecule has 5 rings (SSSR count). The lowest BCUT2D eigenvalue weighted by molar-refractivity contribution is -0.384. The number of para-hydroxylation sites is 1. The van der Waals surface area contributed by atoms with Gasteiger partial charge in [-0.1, -0.05) is 56.3 Å². The molecule has 1 aliphatic rings.